The zero-order chi connectivity index (χ0) is 12.6. The first-order chi connectivity index (χ1) is 8.64. The van der Waals surface area contributed by atoms with Crippen LogP contribution >= 0.6 is 0 Å². The number of nitrogens with one attached hydrogen (secondary N) is 1. The molecular formula is C15H23N3. The van der Waals surface area contributed by atoms with Crippen molar-refractivity contribution in [2.45, 2.75) is 64.8 Å². The van der Waals surface area contributed by atoms with Gasteiger partial charge in [-0.3, -0.25) is 0 Å². The van der Waals surface area contributed by atoms with Gasteiger partial charge in [-0.1, -0.05) is 13.8 Å². The summed E-state index contributed by atoms with van der Waals surface area (Å²) in [5.74, 6) is 1.11. The number of hydrogen-bond acceptors (Lipinski definition) is 3. The molecule has 18 heavy (non-hydrogen) atoms. The Labute approximate surface area is 109 Å². The number of nitrogens with zero attached hydrogens (tertiary/aromatic N) is 2. The van der Waals surface area contributed by atoms with Crippen LogP contribution in [0.4, 0.5) is 5.82 Å². The molecule has 98 valence electrons. The van der Waals surface area contributed by atoms with Gasteiger partial charge < -0.3 is 5.32 Å². The molecule has 0 radical (unpaired) electrons. The lowest BCUT2D eigenvalue weighted by atomic mass is 9.75. The maximum absolute atomic E-state index is 4.46. The molecule has 0 spiro atoms. The summed E-state index contributed by atoms with van der Waals surface area (Å²) in [5.41, 5.74) is 3.18. The smallest absolute Gasteiger partial charge is 0.133 e. The molecule has 0 saturated heterocycles. The van der Waals surface area contributed by atoms with Crippen LogP contribution in [0.1, 0.15) is 57.2 Å². The van der Waals surface area contributed by atoms with E-state index in [-0.39, 0.29) is 0 Å². The van der Waals surface area contributed by atoms with Gasteiger partial charge in [0.1, 0.15) is 12.1 Å². The zero-order valence-corrected chi connectivity index (χ0v) is 11.5. The van der Waals surface area contributed by atoms with Crippen LogP contribution in [0.5, 0.6) is 0 Å². The highest BCUT2D eigenvalue weighted by molar-refractivity contribution is 5.48. The van der Waals surface area contributed by atoms with E-state index >= 15 is 0 Å². The van der Waals surface area contributed by atoms with Crippen LogP contribution in [-0.2, 0) is 12.8 Å². The van der Waals surface area contributed by atoms with Crippen LogP contribution in [0, 0.1) is 5.41 Å². The van der Waals surface area contributed by atoms with Crippen LogP contribution in [0.25, 0.3) is 0 Å². The molecule has 0 aromatic carbocycles. The van der Waals surface area contributed by atoms with E-state index in [1.54, 1.807) is 6.33 Å². The van der Waals surface area contributed by atoms with Crippen LogP contribution in [0.2, 0.25) is 0 Å². The summed E-state index contributed by atoms with van der Waals surface area (Å²) in [6, 6.07) is 0.609. The first-order valence-corrected chi connectivity index (χ1v) is 7.23. The summed E-state index contributed by atoms with van der Waals surface area (Å²) in [4.78, 5) is 8.84. The van der Waals surface area contributed by atoms with Crippen LogP contribution in [-0.4, -0.2) is 16.0 Å². The van der Waals surface area contributed by atoms with E-state index < -0.39 is 0 Å². The molecule has 0 bridgehead atoms. The Balaban J connectivity index is 1.69. The third kappa shape index (κ3) is 2.36. The summed E-state index contributed by atoms with van der Waals surface area (Å²) in [6.07, 6.45) is 10.4. The second-order valence-corrected chi connectivity index (χ2v) is 6.58. The molecule has 2 aliphatic rings. The van der Waals surface area contributed by atoms with E-state index in [0.717, 1.165) is 18.7 Å². The second kappa shape index (κ2) is 4.52. The van der Waals surface area contributed by atoms with Crippen molar-refractivity contribution in [2.75, 3.05) is 5.32 Å². The van der Waals surface area contributed by atoms with Gasteiger partial charge >= 0.3 is 0 Å². The number of aromatic nitrogens is 2. The third-order valence-corrected chi connectivity index (χ3v) is 4.55. The van der Waals surface area contributed by atoms with Crippen molar-refractivity contribution in [3.63, 3.8) is 0 Å². The van der Waals surface area contributed by atoms with Gasteiger partial charge in [-0.25, -0.2) is 9.97 Å². The van der Waals surface area contributed by atoms with Crippen molar-refractivity contribution in [3.8, 4) is 0 Å². The fraction of sp³-hybridized carbons (Fsp3) is 0.733. The van der Waals surface area contributed by atoms with Gasteiger partial charge in [-0.05, 0) is 50.4 Å². The Hall–Kier alpha value is -1.12. The number of rotatable bonds is 2. The Bertz CT molecular complexity index is 429. The fourth-order valence-electron chi connectivity index (χ4n) is 3.22. The van der Waals surface area contributed by atoms with Gasteiger partial charge in [0.25, 0.3) is 0 Å². The van der Waals surface area contributed by atoms with Crippen molar-refractivity contribution in [3.05, 3.63) is 17.6 Å². The molecule has 3 heteroatoms. The monoisotopic (exact) mass is 245 g/mol. The van der Waals surface area contributed by atoms with Gasteiger partial charge in [0, 0.05) is 17.3 Å². The van der Waals surface area contributed by atoms with Crippen LogP contribution in [0.3, 0.4) is 0 Å². The SMILES string of the molecule is CC1(C)CCC(Nc2ncnc3c2CCC3)CC1. The fourth-order valence-corrected chi connectivity index (χ4v) is 3.22. The summed E-state index contributed by atoms with van der Waals surface area (Å²) in [6.45, 7) is 4.76. The standard InChI is InChI=1S/C15H23N3/c1-15(2)8-6-11(7-9-15)18-14-12-4-3-5-13(12)16-10-17-14/h10-11H,3-9H2,1-2H3,(H,16,17,18). The van der Waals surface area contributed by atoms with E-state index in [2.05, 4.69) is 29.1 Å². The van der Waals surface area contributed by atoms with Gasteiger partial charge in [0.15, 0.2) is 0 Å². The quantitative estimate of drug-likeness (QED) is 0.868. The predicted molar refractivity (Wildman–Crippen MR) is 73.7 cm³/mol. The number of anilines is 1. The molecule has 3 rings (SSSR count). The van der Waals surface area contributed by atoms with Crippen molar-refractivity contribution >= 4 is 5.82 Å². The van der Waals surface area contributed by atoms with E-state index in [1.807, 2.05) is 0 Å². The molecule has 3 nitrogen and oxygen atoms in total. The van der Waals surface area contributed by atoms with Crippen molar-refractivity contribution in [2.24, 2.45) is 5.41 Å². The molecule has 1 aromatic heterocycles. The van der Waals surface area contributed by atoms with E-state index in [4.69, 9.17) is 0 Å². The Kier molecular flexibility index (Phi) is 3.00. The molecule has 1 fully saturated rings. The average molecular weight is 245 g/mol. The maximum atomic E-state index is 4.46. The molecule has 2 aliphatic carbocycles. The largest absolute Gasteiger partial charge is 0.367 e. The minimum absolute atomic E-state index is 0.534. The lowest BCUT2D eigenvalue weighted by molar-refractivity contribution is 0.232. The molecule has 1 heterocycles. The predicted octanol–water partition coefficient (Wildman–Crippen LogP) is 3.35. The molecular weight excluding hydrogens is 222 g/mol. The molecule has 0 unspecified atom stereocenters. The van der Waals surface area contributed by atoms with Crippen molar-refractivity contribution in [1.29, 1.82) is 0 Å². The minimum atomic E-state index is 0.534. The molecule has 0 amide bonds. The summed E-state index contributed by atoms with van der Waals surface area (Å²) in [5, 5.41) is 3.67. The van der Waals surface area contributed by atoms with E-state index in [1.165, 1.54) is 43.4 Å². The van der Waals surface area contributed by atoms with Crippen molar-refractivity contribution < 1.29 is 0 Å². The first-order valence-electron chi connectivity index (χ1n) is 7.23. The first kappa shape index (κ1) is 11.9. The Morgan fingerprint density at radius 2 is 1.94 bits per heavy atom. The van der Waals surface area contributed by atoms with Crippen molar-refractivity contribution in [1.82, 2.24) is 9.97 Å². The summed E-state index contributed by atoms with van der Waals surface area (Å²) >= 11 is 0. The third-order valence-electron chi connectivity index (χ3n) is 4.55. The molecule has 1 N–H and O–H groups in total. The van der Waals surface area contributed by atoms with Gasteiger partial charge in [-0.2, -0.15) is 0 Å². The average Bonchev–Trinajstić information content (AvgIpc) is 2.81. The lowest BCUT2D eigenvalue weighted by Crippen LogP contribution is -2.30. The topological polar surface area (TPSA) is 37.8 Å². The summed E-state index contributed by atoms with van der Waals surface area (Å²) in [7, 11) is 0. The summed E-state index contributed by atoms with van der Waals surface area (Å²) < 4.78 is 0. The van der Waals surface area contributed by atoms with E-state index in [9.17, 15) is 0 Å². The number of aryl methyl sites for hydroxylation is 1. The zero-order valence-electron chi connectivity index (χ0n) is 11.5. The highest BCUT2D eigenvalue weighted by Gasteiger charge is 2.27. The minimum Gasteiger partial charge on any atom is -0.367 e. The molecule has 1 saturated carbocycles. The normalized spacial score (nSPS) is 22.8. The molecule has 0 aliphatic heterocycles. The second-order valence-electron chi connectivity index (χ2n) is 6.58. The molecule has 1 aromatic rings. The Morgan fingerprint density at radius 1 is 1.17 bits per heavy atom. The maximum Gasteiger partial charge on any atom is 0.133 e. The van der Waals surface area contributed by atoms with E-state index in [0.29, 0.717) is 11.5 Å². The highest BCUT2D eigenvalue weighted by atomic mass is 15.0. The van der Waals surface area contributed by atoms with Gasteiger partial charge in [0.05, 0.1) is 0 Å². The lowest BCUT2D eigenvalue weighted by Gasteiger charge is -2.35. The van der Waals surface area contributed by atoms with Crippen LogP contribution in [0.15, 0.2) is 6.33 Å². The van der Waals surface area contributed by atoms with Gasteiger partial charge in [0.2, 0.25) is 0 Å². The Morgan fingerprint density at radius 3 is 2.72 bits per heavy atom. The molecule has 0 atom stereocenters. The van der Waals surface area contributed by atoms with Gasteiger partial charge in [-0.15, -0.1) is 0 Å². The number of hydrogen-bond donors (Lipinski definition) is 1. The number of fused-ring (bicyclic) bond motifs is 1. The van der Waals surface area contributed by atoms with Crippen LogP contribution < -0.4 is 5.32 Å². The highest BCUT2D eigenvalue weighted by Crippen LogP contribution is 2.36.